The van der Waals surface area contributed by atoms with Gasteiger partial charge >= 0.3 is 0 Å². The van der Waals surface area contributed by atoms with Crippen LogP contribution in [0.2, 0.25) is 0 Å². The molecule has 4 rings (SSSR count). The van der Waals surface area contributed by atoms with Crippen LogP contribution in [0.5, 0.6) is 5.75 Å². The average Bonchev–Trinajstić information content (AvgIpc) is 3.36. The van der Waals surface area contributed by atoms with Crippen LogP contribution >= 0.6 is 0 Å². The summed E-state index contributed by atoms with van der Waals surface area (Å²) in [5.74, 6) is 2.56. The number of hydrogen-bond acceptors (Lipinski definition) is 7. The van der Waals surface area contributed by atoms with E-state index in [1.165, 1.54) is 25.7 Å². The minimum Gasteiger partial charge on any atom is -0.508 e. The Balaban J connectivity index is 1.56. The molecule has 0 saturated carbocycles. The highest BCUT2D eigenvalue weighted by molar-refractivity contribution is 5.52. The molecule has 3 heterocycles. The maximum atomic E-state index is 9.54. The highest BCUT2D eigenvalue weighted by Crippen LogP contribution is 2.27. The Kier molecular flexibility index (Phi) is 4.95. The maximum absolute atomic E-state index is 9.54. The molecule has 1 aromatic heterocycles. The number of nitrogens with zero attached hydrogens (tertiary/aromatic N) is 6. The minimum atomic E-state index is 0.243. The fourth-order valence-electron chi connectivity index (χ4n) is 3.47. The standard InChI is InChI=1S/C19H24N6O/c26-16-7-5-6-15(12-16)14-20-23-17-13-18(24-8-1-2-9-24)22-19(21-17)25-10-3-4-11-25/h5-7,12-13,26H,1-4,8-11,14H2. The lowest BCUT2D eigenvalue weighted by atomic mass is 10.2. The van der Waals surface area contributed by atoms with Crippen molar-refractivity contribution in [3.05, 3.63) is 35.9 Å². The van der Waals surface area contributed by atoms with Gasteiger partial charge in [0.25, 0.3) is 0 Å². The van der Waals surface area contributed by atoms with Crippen molar-refractivity contribution >= 4 is 17.6 Å². The summed E-state index contributed by atoms with van der Waals surface area (Å²) in [6.45, 7) is 4.50. The molecular weight excluding hydrogens is 328 g/mol. The highest BCUT2D eigenvalue weighted by atomic mass is 16.3. The number of rotatable bonds is 5. The Hall–Kier alpha value is -2.70. The zero-order valence-electron chi connectivity index (χ0n) is 14.9. The van der Waals surface area contributed by atoms with Gasteiger partial charge in [0.2, 0.25) is 5.95 Å². The monoisotopic (exact) mass is 352 g/mol. The van der Waals surface area contributed by atoms with Crippen molar-refractivity contribution < 1.29 is 5.11 Å². The number of anilines is 2. The first-order chi connectivity index (χ1) is 12.8. The van der Waals surface area contributed by atoms with Gasteiger partial charge in [-0.2, -0.15) is 15.1 Å². The molecule has 0 spiro atoms. The molecule has 7 heteroatoms. The molecule has 2 aliphatic heterocycles. The van der Waals surface area contributed by atoms with Gasteiger partial charge in [-0.3, -0.25) is 0 Å². The number of aromatic hydroxyl groups is 1. The fourth-order valence-corrected chi connectivity index (χ4v) is 3.47. The third-order valence-electron chi connectivity index (χ3n) is 4.84. The van der Waals surface area contributed by atoms with E-state index in [1.807, 2.05) is 18.2 Å². The second-order valence-electron chi connectivity index (χ2n) is 6.84. The molecule has 0 atom stereocenters. The van der Waals surface area contributed by atoms with Crippen LogP contribution in [0.25, 0.3) is 0 Å². The van der Waals surface area contributed by atoms with Gasteiger partial charge in [-0.05, 0) is 43.4 Å². The van der Waals surface area contributed by atoms with E-state index < -0.39 is 0 Å². The molecule has 1 N–H and O–H groups in total. The van der Waals surface area contributed by atoms with E-state index in [2.05, 4.69) is 25.0 Å². The zero-order valence-corrected chi connectivity index (χ0v) is 14.9. The summed E-state index contributed by atoms with van der Waals surface area (Å²) in [5.41, 5.74) is 0.919. The Labute approximate surface area is 153 Å². The van der Waals surface area contributed by atoms with Gasteiger partial charge in [0.1, 0.15) is 11.6 Å². The van der Waals surface area contributed by atoms with Crippen LogP contribution in [0.3, 0.4) is 0 Å². The first-order valence-corrected chi connectivity index (χ1v) is 9.32. The molecule has 2 aliphatic rings. The predicted octanol–water partition coefficient (Wildman–Crippen LogP) is 3.67. The van der Waals surface area contributed by atoms with Crippen LogP contribution in [0.15, 0.2) is 40.6 Å². The topological polar surface area (TPSA) is 77.2 Å². The molecule has 1 aromatic carbocycles. The SMILES string of the molecule is Oc1cccc(CN=Nc2cc(N3CCCC3)nc(N3CCCC3)n2)c1. The smallest absolute Gasteiger partial charge is 0.229 e. The van der Waals surface area contributed by atoms with Gasteiger partial charge in [-0.15, -0.1) is 5.11 Å². The van der Waals surface area contributed by atoms with Crippen molar-refractivity contribution in [3.8, 4) is 5.75 Å². The summed E-state index contributed by atoms with van der Waals surface area (Å²) >= 11 is 0. The summed E-state index contributed by atoms with van der Waals surface area (Å²) in [7, 11) is 0. The van der Waals surface area contributed by atoms with E-state index in [0.29, 0.717) is 12.4 Å². The molecule has 26 heavy (non-hydrogen) atoms. The molecule has 0 unspecified atom stereocenters. The molecule has 0 amide bonds. The third-order valence-corrected chi connectivity index (χ3v) is 4.84. The number of phenols is 1. The lowest BCUT2D eigenvalue weighted by Gasteiger charge is -2.20. The van der Waals surface area contributed by atoms with Crippen LogP contribution in [-0.2, 0) is 6.54 Å². The van der Waals surface area contributed by atoms with Gasteiger partial charge in [0.05, 0.1) is 6.54 Å². The van der Waals surface area contributed by atoms with Gasteiger partial charge < -0.3 is 14.9 Å². The number of hydrogen-bond donors (Lipinski definition) is 1. The Morgan fingerprint density at radius 1 is 0.923 bits per heavy atom. The van der Waals surface area contributed by atoms with E-state index in [0.717, 1.165) is 43.5 Å². The van der Waals surface area contributed by atoms with E-state index in [-0.39, 0.29) is 5.75 Å². The fraction of sp³-hybridized carbons (Fsp3) is 0.474. The first-order valence-electron chi connectivity index (χ1n) is 9.32. The van der Waals surface area contributed by atoms with Crippen LogP contribution in [-0.4, -0.2) is 41.3 Å². The molecule has 0 aliphatic carbocycles. The predicted molar refractivity (Wildman–Crippen MR) is 101 cm³/mol. The van der Waals surface area contributed by atoms with Gasteiger partial charge in [0, 0.05) is 32.2 Å². The van der Waals surface area contributed by atoms with Crippen LogP contribution in [0.1, 0.15) is 31.2 Å². The van der Waals surface area contributed by atoms with Crippen molar-refractivity contribution in [2.45, 2.75) is 32.2 Å². The molecule has 2 fully saturated rings. The zero-order chi connectivity index (χ0) is 17.8. The second kappa shape index (κ2) is 7.68. The largest absolute Gasteiger partial charge is 0.508 e. The Morgan fingerprint density at radius 3 is 2.38 bits per heavy atom. The normalized spacial score (nSPS) is 17.5. The van der Waals surface area contributed by atoms with Gasteiger partial charge in [0.15, 0.2) is 5.82 Å². The van der Waals surface area contributed by atoms with E-state index in [9.17, 15) is 5.11 Å². The molecular formula is C19H24N6O. The van der Waals surface area contributed by atoms with Crippen LogP contribution < -0.4 is 9.80 Å². The molecule has 7 nitrogen and oxygen atoms in total. The second-order valence-corrected chi connectivity index (χ2v) is 6.84. The number of aromatic nitrogens is 2. The van der Waals surface area contributed by atoms with Crippen molar-refractivity contribution in [1.82, 2.24) is 9.97 Å². The Morgan fingerprint density at radius 2 is 1.65 bits per heavy atom. The molecule has 0 bridgehead atoms. The lowest BCUT2D eigenvalue weighted by Crippen LogP contribution is -2.24. The Bertz CT molecular complexity index is 747. The summed E-state index contributed by atoms with van der Waals surface area (Å²) in [5, 5.41) is 18.2. The molecule has 136 valence electrons. The van der Waals surface area contributed by atoms with Crippen molar-refractivity contribution in [1.29, 1.82) is 0 Å². The van der Waals surface area contributed by atoms with Gasteiger partial charge in [-0.25, -0.2) is 0 Å². The number of phenolic OH excluding ortho intramolecular Hbond substituents is 1. The quantitative estimate of drug-likeness (QED) is 0.831. The van der Waals surface area contributed by atoms with Crippen molar-refractivity contribution in [3.63, 3.8) is 0 Å². The maximum Gasteiger partial charge on any atom is 0.229 e. The van der Waals surface area contributed by atoms with E-state index in [1.54, 1.807) is 12.1 Å². The minimum absolute atomic E-state index is 0.243. The van der Waals surface area contributed by atoms with Crippen LogP contribution in [0, 0.1) is 0 Å². The molecule has 2 saturated heterocycles. The van der Waals surface area contributed by atoms with Crippen LogP contribution in [0.4, 0.5) is 17.6 Å². The van der Waals surface area contributed by atoms with E-state index >= 15 is 0 Å². The molecule has 0 radical (unpaired) electrons. The summed E-state index contributed by atoms with van der Waals surface area (Å²) in [4.78, 5) is 13.9. The first kappa shape index (κ1) is 16.8. The van der Waals surface area contributed by atoms with Gasteiger partial charge in [-0.1, -0.05) is 12.1 Å². The molecule has 2 aromatic rings. The highest BCUT2D eigenvalue weighted by Gasteiger charge is 2.20. The average molecular weight is 352 g/mol. The van der Waals surface area contributed by atoms with Crippen molar-refractivity contribution in [2.24, 2.45) is 10.2 Å². The number of benzene rings is 1. The van der Waals surface area contributed by atoms with E-state index in [4.69, 9.17) is 4.98 Å². The number of azo groups is 1. The summed E-state index contributed by atoms with van der Waals surface area (Å²) in [6, 6.07) is 9.00. The summed E-state index contributed by atoms with van der Waals surface area (Å²) in [6.07, 6.45) is 4.78. The summed E-state index contributed by atoms with van der Waals surface area (Å²) < 4.78 is 0. The lowest BCUT2D eigenvalue weighted by molar-refractivity contribution is 0.474. The third kappa shape index (κ3) is 3.92. The van der Waals surface area contributed by atoms with Crippen molar-refractivity contribution in [2.75, 3.05) is 36.0 Å².